The minimum Gasteiger partial charge on any atom is -0.369 e. The first-order valence-corrected chi connectivity index (χ1v) is 8.68. The fourth-order valence-corrected chi connectivity index (χ4v) is 3.32. The second-order valence-electron chi connectivity index (χ2n) is 6.49. The number of aromatic nitrogens is 4. The van der Waals surface area contributed by atoms with Crippen molar-refractivity contribution in [2.24, 2.45) is 0 Å². The Morgan fingerprint density at radius 1 is 1.31 bits per heavy atom. The molecule has 1 aliphatic heterocycles. The van der Waals surface area contributed by atoms with Crippen LogP contribution in [0.1, 0.15) is 23.2 Å². The normalized spacial score (nSPS) is 18.1. The van der Waals surface area contributed by atoms with E-state index >= 15 is 0 Å². The number of morpholine rings is 1. The van der Waals surface area contributed by atoms with E-state index in [-0.39, 0.29) is 11.7 Å². The van der Waals surface area contributed by atoms with E-state index in [1.165, 1.54) is 6.07 Å². The zero-order chi connectivity index (χ0) is 17.9. The maximum Gasteiger partial charge on any atom is 0.251 e. The number of ether oxygens (including phenoxy) is 1. The fourth-order valence-electron chi connectivity index (χ4n) is 3.32. The number of aromatic amines is 2. The van der Waals surface area contributed by atoms with Crippen LogP contribution in [-0.2, 0) is 11.3 Å². The average molecular weight is 351 g/mol. The lowest BCUT2D eigenvalue weighted by molar-refractivity contribution is -0.0351. The zero-order valence-corrected chi connectivity index (χ0v) is 14.6. The molecule has 0 radical (unpaired) electrons. The molecule has 1 unspecified atom stereocenters. The molecule has 3 aromatic rings. The first-order valence-electron chi connectivity index (χ1n) is 8.68. The van der Waals surface area contributed by atoms with Gasteiger partial charge in [0.25, 0.3) is 5.56 Å². The highest BCUT2D eigenvalue weighted by Crippen LogP contribution is 2.25. The van der Waals surface area contributed by atoms with Gasteiger partial charge in [0.15, 0.2) is 0 Å². The monoisotopic (exact) mass is 351 g/mol. The molecule has 3 heterocycles. The summed E-state index contributed by atoms with van der Waals surface area (Å²) in [5.74, 6) is 0.606. The Hall–Kier alpha value is -2.77. The van der Waals surface area contributed by atoms with Crippen molar-refractivity contribution in [3.63, 3.8) is 0 Å². The van der Waals surface area contributed by atoms with Crippen molar-refractivity contribution in [1.29, 1.82) is 0 Å². The number of nitrogens with one attached hydrogen (secondary N) is 2. The van der Waals surface area contributed by atoms with Crippen molar-refractivity contribution < 1.29 is 4.74 Å². The van der Waals surface area contributed by atoms with Crippen LogP contribution in [0.2, 0.25) is 0 Å². The average Bonchev–Trinajstić information content (AvgIpc) is 3.10. The molecule has 7 nitrogen and oxygen atoms in total. The van der Waals surface area contributed by atoms with Crippen molar-refractivity contribution in [3.05, 3.63) is 70.0 Å². The summed E-state index contributed by atoms with van der Waals surface area (Å²) in [4.78, 5) is 21.1. The van der Waals surface area contributed by atoms with Crippen LogP contribution >= 0.6 is 0 Å². The second kappa shape index (κ2) is 7.23. The molecule has 0 amide bonds. The minimum atomic E-state index is -0.197. The Kier molecular flexibility index (Phi) is 4.64. The van der Waals surface area contributed by atoms with Crippen LogP contribution in [0.15, 0.2) is 47.4 Å². The molecular weight excluding hydrogens is 330 g/mol. The van der Waals surface area contributed by atoms with E-state index in [1.54, 1.807) is 6.92 Å². The van der Waals surface area contributed by atoms with Crippen LogP contribution in [0.25, 0.3) is 11.3 Å². The van der Waals surface area contributed by atoms with Crippen molar-refractivity contribution in [1.82, 2.24) is 25.1 Å². The molecule has 2 aromatic heterocycles. The topological polar surface area (TPSA) is 86.9 Å². The molecule has 2 N–H and O–H groups in total. The van der Waals surface area contributed by atoms with Crippen molar-refractivity contribution in [3.8, 4) is 11.3 Å². The largest absolute Gasteiger partial charge is 0.369 e. The van der Waals surface area contributed by atoms with Crippen LogP contribution in [0.3, 0.4) is 0 Å². The van der Waals surface area contributed by atoms with E-state index < -0.39 is 0 Å². The molecule has 1 aromatic carbocycles. The summed E-state index contributed by atoms with van der Waals surface area (Å²) in [6.45, 7) is 4.68. The third-order valence-electron chi connectivity index (χ3n) is 4.53. The maximum atomic E-state index is 11.7. The van der Waals surface area contributed by atoms with Gasteiger partial charge in [0.05, 0.1) is 24.2 Å². The lowest BCUT2D eigenvalue weighted by Crippen LogP contribution is -2.38. The number of hydrogen-bond acceptors (Lipinski definition) is 5. The predicted molar refractivity (Wildman–Crippen MR) is 97.6 cm³/mol. The van der Waals surface area contributed by atoms with E-state index in [2.05, 4.69) is 37.2 Å². The fraction of sp³-hybridized carbons (Fsp3) is 0.316. The summed E-state index contributed by atoms with van der Waals surface area (Å²) in [6.07, 6.45) is 1.68. The third-order valence-corrected chi connectivity index (χ3v) is 4.53. The van der Waals surface area contributed by atoms with E-state index in [9.17, 15) is 4.79 Å². The number of aryl methyl sites for hydroxylation is 1. The standard InChI is InChI=1S/C19H21N5O2/c1-13-21-16(9-18(25)22-13)17-12-24(7-8-26-17)11-15-10-20-23-19(15)14-5-3-2-4-6-14/h2-6,9-10,17H,7-8,11-12H2,1H3,(H,20,23)(H,21,22,25). The SMILES string of the molecule is Cc1nc(C2CN(Cc3cn[nH]c3-c3ccccc3)CCO2)cc(=O)[nH]1. The molecule has 4 rings (SSSR count). The highest BCUT2D eigenvalue weighted by molar-refractivity contribution is 5.62. The van der Waals surface area contributed by atoms with Crippen LogP contribution in [0.5, 0.6) is 0 Å². The highest BCUT2D eigenvalue weighted by atomic mass is 16.5. The van der Waals surface area contributed by atoms with E-state index in [0.717, 1.165) is 29.9 Å². The van der Waals surface area contributed by atoms with Gasteiger partial charge in [0, 0.05) is 31.3 Å². The van der Waals surface area contributed by atoms with Gasteiger partial charge >= 0.3 is 0 Å². The van der Waals surface area contributed by atoms with E-state index in [1.807, 2.05) is 24.4 Å². The lowest BCUT2D eigenvalue weighted by atomic mass is 10.1. The minimum absolute atomic E-state index is 0.144. The summed E-state index contributed by atoms with van der Waals surface area (Å²) in [5, 5.41) is 7.33. The van der Waals surface area contributed by atoms with Gasteiger partial charge in [0.2, 0.25) is 0 Å². The smallest absolute Gasteiger partial charge is 0.251 e. The zero-order valence-electron chi connectivity index (χ0n) is 14.6. The maximum absolute atomic E-state index is 11.7. The van der Waals surface area contributed by atoms with Gasteiger partial charge in [-0.3, -0.25) is 14.8 Å². The van der Waals surface area contributed by atoms with Crippen LogP contribution in [-0.4, -0.2) is 44.8 Å². The molecule has 0 bridgehead atoms. The van der Waals surface area contributed by atoms with Crippen LogP contribution < -0.4 is 5.56 Å². The Labute approximate surface area is 151 Å². The van der Waals surface area contributed by atoms with Crippen LogP contribution in [0, 0.1) is 6.92 Å². The number of nitrogens with zero attached hydrogens (tertiary/aromatic N) is 3. The molecule has 26 heavy (non-hydrogen) atoms. The summed E-state index contributed by atoms with van der Waals surface area (Å²) in [6, 6.07) is 11.7. The quantitative estimate of drug-likeness (QED) is 0.751. The van der Waals surface area contributed by atoms with Gasteiger partial charge in [-0.25, -0.2) is 4.98 Å². The Balaban J connectivity index is 1.51. The van der Waals surface area contributed by atoms with Crippen molar-refractivity contribution >= 4 is 0 Å². The molecule has 0 aliphatic carbocycles. The molecule has 1 aliphatic rings. The van der Waals surface area contributed by atoms with Crippen molar-refractivity contribution in [2.75, 3.05) is 19.7 Å². The molecule has 7 heteroatoms. The Bertz CT molecular complexity index is 934. The second-order valence-corrected chi connectivity index (χ2v) is 6.49. The Morgan fingerprint density at radius 3 is 2.96 bits per heavy atom. The molecule has 134 valence electrons. The molecule has 1 saturated heterocycles. The summed E-state index contributed by atoms with van der Waals surface area (Å²) >= 11 is 0. The number of rotatable bonds is 4. The van der Waals surface area contributed by atoms with Crippen LogP contribution in [0.4, 0.5) is 0 Å². The molecule has 0 spiro atoms. The highest BCUT2D eigenvalue weighted by Gasteiger charge is 2.24. The molecule has 1 fully saturated rings. The molecular formula is C19H21N5O2. The number of H-pyrrole nitrogens is 2. The first-order chi connectivity index (χ1) is 12.7. The van der Waals surface area contributed by atoms with Gasteiger partial charge in [-0.15, -0.1) is 0 Å². The van der Waals surface area contributed by atoms with Gasteiger partial charge in [-0.05, 0) is 12.5 Å². The van der Waals surface area contributed by atoms with Gasteiger partial charge in [-0.1, -0.05) is 30.3 Å². The van der Waals surface area contributed by atoms with Crippen molar-refractivity contribution in [2.45, 2.75) is 19.6 Å². The number of benzene rings is 1. The summed E-state index contributed by atoms with van der Waals surface area (Å²) in [5.41, 5.74) is 3.85. The molecule has 1 atom stereocenters. The predicted octanol–water partition coefficient (Wildman–Crippen LogP) is 2.04. The summed E-state index contributed by atoms with van der Waals surface area (Å²) < 4.78 is 5.86. The van der Waals surface area contributed by atoms with Gasteiger partial charge in [-0.2, -0.15) is 5.10 Å². The van der Waals surface area contributed by atoms with E-state index in [4.69, 9.17) is 4.74 Å². The summed E-state index contributed by atoms with van der Waals surface area (Å²) in [7, 11) is 0. The van der Waals surface area contributed by atoms with Gasteiger partial charge in [0.1, 0.15) is 11.9 Å². The van der Waals surface area contributed by atoms with Gasteiger partial charge < -0.3 is 9.72 Å². The van der Waals surface area contributed by atoms with E-state index in [0.29, 0.717) is 24.7 Å². The lowest BCUT2D eigenvalue weighted by Gasteiger charge is -2.32. The first kappa shape index (κ1) is 16.7. The molecule has 0 saturated carbocycles. The third kappa shape index (κ3) is 3.58. The number of hydrogen-bond donors (Lipinski definition) is 2. The Morgan fingerprint density at radius 2 is 2.15 bits per heavy atom.